The third kappa shape index (κ3) is 2.88. The molecule has 3 heterocycles. The van der Waals surface area contributed by atoms with Gasteiger partial charge in [0.2, 0.25) is 0 Å². The van der Waals surface area contributed by atoms with Crippen LogP contribution in [0.15, 0.2) is 40.4 Å². The van der Waals surface area contributed by atoms with E-state index in [1.54, 1.807) is 22.2 Å². The van der Waals surface area contributed by atoms with Gasteiger partial charge in [-0.3, -0.25) is 4.68 Å². The topological polar surface area (TPSA) is 82.3 Å². The number of hydrogen-bond acceptors (Lipinski definition) is 6. The fourth-order valence-corrected chi connectivity index (χ4v) is 4.21. The van der Waals surface area contributed by atoms with E-state index in [9.17, 15) is 5.26 Å². The summed E-state index contributed by atoms with van der Waals surface area (Å²) in [5.41, 5.74) is 5.54. The Morgan fingerprint density at radius 1 is 1.40 bits per heavy atom. The lowest BCUT2D eigenvalue weighted by Crippen LogP contribution is -1.89. The van der Waals surface area contributed by atoms with Crippen molar-refractivity contribution in [3.05, 3.63) is 47.2 Å². The third-order valence-corrected chi connectivity index (χ3v) is 5.66. The van der Waals surface area contributed by atoms with Gasteiger partial charge in [0.05, 0.1) is 28.7 Å². The zero-order valence-electron chi connectivity index (χ0n) is 13.6. The summed E-state index contributed by atoms with van der Waals surface area (Å²) in [5.74, 6) is 0. The van der Waals surface area contributed by atoms with Crippen LogP contribution in [0.4, 0.5) is 5.69 Å². The highest BCUT2D eigenvalue weighted by Crippen LogP contribution is 2.33. The SMILES string of the molecule is Cc1ccc(NSc2nc(-c3cnn(C)c3)cs2)c2[nH]cc(C#N)c12. The van der Waals surface area contributed by atoms with Crippen molar-refractivity contribution in [3.8, 4) is 17.3 Å². The lowest BCUT2D eigenvalue weighted by molar-refractivity contribution is 0.768. The molecule has 0 aliphatic heterocycles. The Balaban J connectivity index is 1.57. The van der Waals surface area contributed by atoms with Crippen LogP contribution in [0, 0.1) is 18.3 Å². The first-order valence-electron chi connectivity index (χ1n) is 7.54. The number of nitriles is 1. The van der Waals surface area contributed by atoms with Crippen LogP contribution in [-0.4, -0.2) is 19.7 Å². The highest BCUT2D eigenvalue weighted by Gasteiger charge is 2.12. The summed E-state index contributed by atoms with van der Waals surface area (Å²) in [7, 11) is 1.89. The second kappa shape index (κ2) is 6.27. The van der Waals surface area contributed by atoms with Crippen LogP contribution in [0.2, 0.25) is 0 Å². The molecular weight excluding hydrogens is 352 g/mol. The number of aromatic amines is 1. The molecular formula is C17H14N6S2. The number of H-pyrrole nitrogens is 1. The monoisotopic (exact) mass is 366 g/mol. The Kier molecular flexibility index (Phi) is 3.95. The molecule has 1 aromatic carbocycles. The second-order valence-electron chi connectivity index (χ2n) is 5.60. The molecule has 6 nitrogen and oxygen atoms in total. The van der Waals surface area contributed by atoms with Crippen molar-refractivity contribution in [2.24, 2.45) is 7.05 Å². The summed E-state index contributed by atoms with van der Waals surface area (Å²) in [6.07, 6.45) is 5.50. The Morgan fingerprint density at radius 3 is 3.04 bits per heavy atom. The molecule has 0 unspecified atom stereocenters. The number of aryl methyl sites for hydroxylation is 2. The lowest BCUT2D eigenvalue weighted by Gasteiger charge is -2.06. The van der Waals surface area contributed by atoms with Crippen LogP contribution >= 0.6 is 23.3 Å². The van der Waals surface area contributed by atoms with E-state index in [0.29, 0.717) is 5.56 Å². The molecule has 0 amide bonds. The van der Waals surface area contributed by atoms with E-state index < -0.39 is 0 Å². The van der Waals surface area contributed by atoms with Crippen molar-refractivity contribution >= 4 is 39.9 Å². The van der Waals surface area contributed by atoms with Crippen LogP contribution in [0.25, 0.3) is 22.2 Å². The third-order valence-electron chi connectivity index (χ3n) is 3.90. The first-order valence-corrected chi connectivity index (χ1v) is 9.23. The van der Waals surface area contributed by atoms with Gasteiger partial charge in [-0.2, -0.15) is 10.4 Å². The number of nitrogens with zero attached hydrogens (tertiary/aromatic N) is 4. The molecule has 0 fully saturated rings. The van der Waals surface area contributed by atoms with E-state index >= 15 is 0 Å². The Hall–Kier alpha value is -2.76. The highest BCUT2D eigenvalue weighted by atomic mass is 32.2. The van der Waals surface area contributed by atoms with E-state index in [4.69, 9.17) is 0 Å². The molecule has 3 aromatic heterocycles. The highest BCUT2D eigenvalue weighted by molar-refractivity contribution is 8.02. The molecule has 0 radical (unpaired) electrons. The summed E-state index contributed by atoms with van der Waals surface area (Å²) in [6, 6.07) is 6.26. The molecule has 2 N–H and O–H groups in total. The van der Waals surface area contributed by atoms with Gasteiger partial charge in [0.25, 0.3) is 0 Å². The van der Waals surface area contributed by atoms with Crippen LogP contribution in [0.1, 0.15) is 11.1 Å². The molecule has 0 saturated carbocycles. The average molecular weight is 366 g/mol. The van der Waals surface area contributed by atoms with Gasteiger partial charge in [0, 0.05) is 47.7 Å². The molecule has 8 heteroatoms. The van der Waals surface area contributed by atoms with Gasteiger partial charge in [-0.25, -0.2) is 4.98 Å². The number of fused-ring (bicyclic) bond motifs is 1. The maximum absolute atomic E-state index is 9.25. The minimum atomic E-state index is 0.661. The molecule has 0 bridgehead atoms. The van der Waals surface area contributed by atoms with E-state index in [1.165, 1.54) is 11.9 Å². The predicted octanol–water partition coefficient (Wildman–Crippen LogP) is 4.32. The van der Waals surface area contributed by atoms with Crippen LogP contribution in [0.5, 0.6) is 0 Å². The van der Waals surface area contributed by atoms with Crippen LogP contribution in [0.3, 0.4) is 0 Å². The first-order chi connectivity index (χ1) is 12.2. The summed E-state index contributed by atoms with van der Waals surface area (Å²) in [4.78, 5) is 7.82. The molecule has 0 atom stereocenters. The number of nitrogens with one attached hydrogen (secondary N) is 2. The lowest BCUT2D eigenvalue weighted by atomic mass is 10.1. The number of anilines is 1. The molecule has 0 spiro atoms. The number of rotatable bonds is 4. The average Bonchev–Trinajstić information content (AvgIpc) is 3.33. The number of aromatic nitrogens is 4. The minimum absolute atomic E-state index is 0.661. The van der Waals surface area contributed by atoms with E-state index in [-0.39, 0.29) is 0 Å². The molecule has 0 aliphatic rings. The largest absolute Gasteiger partial charge is 0.358 e. The summed E-state index contributed by atoms with van der Waals surface area (Å²) >= 11 is 3.04. The fourth-order valence-electron chi connectivity index (χ4n) is 2.68. The number of hydrogen-bond donors (Lipinski definition) is 2. The number of benzene rings is 1. The van der Waals surface area contributed by atoms with Crippen LogP contribution in [-0.2, 0) is 7.05 Å². The molecule has 124 valence electrons. The quantitative estimate of drug-likeness (QED) is 0.526. The molecule has 0 aliphatic carbocycles. The van der Waals surface area contributed by atoms with Crippen LogP contribution < -0.4 is 4.72 Å². The predicted molar refractivity (Wildman–Crippen MR) is 102 cm³/mol. The Bertz CT molecular complexity index is 1100. The zero-order valence-corrected chi connectivity index (χ0v) is 15.2. The van der Waals surface area contributed by atoms with Gasteiger partial charge in [-0.15, -0.1) is 11.3 Å². The van der Waals surface area contributed by atoms with E-state index in [2.05, 4.69) is 25.9 Å². The Labute approximate surface area is 152 Å². The van der Waals surface area contributed by atoms with Gasteiger partial charge >= 0.3 is 0 Å². The summed E-state index contributed by atoms with van der Waals surface area (Å²) in [6.45, 7) is 2.01. The molecule has 25 heavy (non-hydrogen) atoms. The van der Waals surface area contributed by atoms with Crippen molar-refractivity contribution in [1.82, 2.24) is 19.7 Å². The fraction of sp³-hybridized carbons (Fsp3) is 0.118. The number of thiazole rings is 1. The van der Waals surface area contributed by atoms with Crippen molar-refractivity contribution in [2.45, 2.75) is 11.3 Å². The maximum atomic E-state index is 9.25. The van der Waals surface area contributed by atoms with Gasteiger partial charge in [0.1, 0.15) is 6.07 Å². The molecule has 4 rings (SSSR count). The molecule has 4 aromatic rings. The van der Waals surface area contributed by atoms with Gasteiger partial charge in [-0.1, -0.05) is 6.07 Å². The Morgan fingerprint density at radius 2 is 2.28 bits per heavy atom. The van der Waals surface area contributed by atoms with Gasteiger partial charge in [-0.05, 0) is 18.6 Å². The minimum Gasteiger partial charge on any atom is -0.358 e. The standard InChI is InChI=1S/C17H14N6S2/c1-10-3-4-13(16-15(10)11(5-18)6-19-16)22-25-17-21-14(9-24-17)12-7-20-23(2)8-12/h3-4,6-9,19,22H,1-2H3. The summed E-state index contributed by atoms with van der Waals surface area (Å²) in [5, 5.41) is 16.4. The summed E-state index contributed by atoms with van der Waals surface area (Å²) < 4.78 is 6.02. The van der Waals surface area contributed by atoms with Crippen molar-refractivity contribution in [2.75, 3.05) is 4.72 Å². The van der Waals surface area contributed by atoms with Gasteiger partial charge < -0.3 is 9.71 Å². The molecule has 0 saturated heterocycles. The first kappa shape index (κ1) is 15.7. The van der Waals surface area contributed by atoms with E-state index in [0.717, 1.165) is 37.8 Å². The smallest absolute Gasteiger partial charge is 0.171 e. The zero-order chi connectivity index (χ0) is 17.4. The van der Waals surface area contributed by atoms with Gasteiger partial charge in [0.15, 0.2) is 4.34 Å². The normalized spacial score (nSPS) is 10.9. The maximum Gasteiger partial charge on any atom is 0.171 e. The second-order valence-corrected chi connectivity index (χ2v) is 7.51. The van der Waals surface area contributed by atoms with Crippen molar-refractivity contribution in [1.29, 1.82) is 5.26 Å². The van der Waals surface area contributed by atoms with Crippen molar-refractivity contribution < 1.29 is 0 Å². The van der Waals surface area contributed by atoms with Crippen molar-refractivity contribution in [3.63, 3.8) is 0 Å². The van der Waals surface area contributed by atoms with E-state index in [1.807, 2.05) is 43.9 Å².